The van der Waals surface area contributed by atoms with E-state index in [4.69, 9.17) is 4.74 Å². The summed E-state index contributed by atoms with van der Waals surface area (Å²) < 4.78 is 34.8. The average molecular weight is 425 g/mol. The summed E-state index contributed by atoms with van der Waals surface area (Å²) in [5, 5.41) is 15.8. The maximum absolute atomic E-state index is 14.3. The van der Waals surface area contributed by atoms with Crippen LogP contribution in [0.5, 0.6) is 0 Å². The molecule has 1 fully saturated rings. The fourth-order valence-corrected chi connectivity index (χ4v) is 4.20. The minimum absolute atomic E-state index is 0.0202. The Morgan fingerprint density at radius 2 is 2.07 bits per heavy atom. The first-order chi connectivity index (χ1) is 13.7. The van der Waals surface area contributed by atoms with E-state index in [-0.39, 0.29) is 18.1 Å². The third-order valence-corrected chi connectivity index (χ3v) is 6.71. The minimum atomic E-state index is -1.27. The van der Waals surface area contributed by atoms with Crippen LogP contribution in [0.4, 0.5) is 20.4 Å². The van der Waals surface area contributed by atoms with E-state index in [0.29, 0.717) is 25.4 Å². The second-order valence-electron chi connectivity index (χ2n) is 8.48. The van der Waals surface area contributed by atoms with Gasteiger partial charge in [-0.05, 0) is 42.0 Å². The molecule has 1 aromatic heterocycles. The van der Waals surface area contributed by atoms with Crippen LogP contribution in [0, 0.1) is 21.7 Å². The van der Waals surface area contributed by atoms with Crippen molar-refractivity contribution in [3.05, 3.63) is 51.6 Å². The predicted octanol–water partition coefficient (Wildman–Crippen LogP) is 4.72. The zero-order valence-electron chi connectivity index (χ0n) is 16.9. The summed E-state index contributed by atoms with van der Waals surface area (Å²) in [4.78, 5) is 12.7. The fourth-order valence-electron chi connectivity index (χ4n) is 3.44. The maximum atomic E-state index is 14.3. The standard InChI is InChI=1S/C19H26F2N4O3Si/c1-29(2,3)10-9-28-13-24-19(25(26)27)12-18(22-24)23-8-4-5-17(23)15-11-14(20)6-7-16(15)21/h6-7,11-12,17H,4-5,8-10,13H2,1-3H3. The molecule has 7 nitrogen and oxygen atoms in total. The van der Waals surface area contributed by atoms with Crippen LogP contribution in [-0.4, -0.2) is 35.9 Å². The maximum Gasteiger partial charge on any atom is 0.349 e. The molecule has 2 heterocycles. The predicted molar refractivity (Wildman–Crippen MR) is 109 cm³/mol. The molecule has 0 amide bonds. The van der Waals surface area contributed by atoms with Gasteiger partial charge in [0.25, 0.3) is 0 Å². The first-order valence-electron chi connectivity index (χ1n) is 9.67. The lowest BCUT2D eigenvalue weighted by Crippen LogP contribution is -2.24. The quantitative estimate of drug-likeness (QED) is 0.265. The zero-order chi connectivity index (χ0) is 21.2. The highest BCUT2D eigenvalue weighted by molar-refractivity contribution is 6.76. The first-order valence-corrected chi connectivity index (χ1v) is 13.4. The van der Waals surface area contributed by atoms with E-state index < -0.39 is 30.7 Å². The topological polar surface area (TPSA) is 73.4 Å². The van der Waals surface area contributed by atoms with Crippen molar-refractivity contribution in [3.8, 4) is 0 Å². The zero-order valence-corrected chi connectivity index (χ0v) is 17.9. The van der Waals surface area contributed by atoms with Crippen molar-refractivity contribution in [2.24, 2.45) is 0 Å². The molecule has 1 aliphatic heterocycles. The van der Waals surface area contributed by atoms with E-state index in [1.165, 1.54) is 16.8 Å². The van der Waals surface area contributed by atoms with E-state index in [1.807, 2.05) is 0 Å². The summed E-state index contributed by atoms with van der Waals surface area (Å²) in [5.74, 6) is -0.817. The molecular weight excluding hydrogens is 398 g/mol. The molecule has 1 aliphatic rings. The highest BCUT2D eigenvalue weighted by Gasteiger charge is 2.33. The van der Waals surface area contributed by atoms with Crippen molar-refractivity contribution in [2.75, 3.05) is 18.1 Å². The minimum Gasteiger partial charge on any atom is -0.358 e. The van der Waals surface area contributed by atoms with Gasteiger partial charge in [0.05, 0.1) is 12.1 Å². The van der Waals surface area contributed by atoms with Gasteiger partial charge in [-0.1, -0.05) is 24.7 Å². The highest BCUT2D eigenvalue weighted by atomic mass is 28.3. The van der Waals surface area contributed by atoms with E-state index >= 15 is 0 Å². The van der Waals surface area contributed by atoms with Gasteiger partial charge in [-0.2, -0.15) is 0 Å². The summed E-state index contributed by atoms with van der Waals surface area (Å²) in [6.45, 7) is 7.74. The van der Waals surface area contributed by atoms with Crippen molar-refractivity contribution in [1.29, 1.82) is 0 Å². The van der Waals surface area contributed by atoms with Crippen molar-refractivity contribution in [2.45, 2.75) is 51.3 Å². The van der Waals surface area contributed by atoms with Crippen LogP contribution in [0.3, 0.4) is 0 Å². The molecule has 0 spiro atoms. The van der Waals surface area contributed by atoms with Crippen LogP contribution in [-0.2, 0) is 11.5 Å². The van der Waals surface area contributed by atoms with Crippen LogP contribution in [0.15, 0.2) is 24.3 Å². The molecule has 0 bridgehead atoms. The van der Waals surface area contributed by atoms with Gasteiger partial charge >= 0.3 is 5.82 Å². The van der Waals surface area contributed by atoms with E-state index in [2.05, 4.69) is 24.7 Å². The summed E-state index contributed by atoms with van der Waals surface area (Å²) in [6.07, 6.45) is 1.38. The van der Waals surface area contributed by atoms with Crippen LogP contribution >= 0.6 is 0 Å². The third kappa shape index (κ3) is 5.18. The average Bonchev–Trinajstić information content (AvgIpc) is 3.26. The van der Waals surface area contributed by atoms with Crippen LogP contribution in [0.25, 0.3) is 0 Å². The Kier molecular flexibility index (Phi) is 6.32. The number of hydrogen-bond acceptors (Lipinski definition) is 5. The summed E-state index contributed by atoms with van der Waals surface area (Å²) >= 11 is 0. The number of anilines is 1. The Balaban J connectivity index is 1.80. The molecule has 10 heteroatoms. The van der Waals surface area contributed by atoms with Crippen molar-refractivity contribution in [1.82, 2.24) is 9.78 Å². The molecule has 3 rings (SSSR count). The van der Waals surface area contributed by atoms with Gasteiger partial charge in [-0.25, -0.2) is 8.78 Å². The fraction of sp³-hybridized carbons (Fsp3) is 0.526. The lowest BCUT2D eigenvalue weighted by atomic mass is 10.0. The summed E-state index contributed by atoms with van der Waals surface area (Å²) in [6, 6.07) is 5.27. The normalized spacial score (nSPS) is 17.1. The lowest BCUT2D eigenvalue weighted by molar-refractivity contribution is -0.393. The molecule has 1 atom stereocenters. The lowest BCUT2D eigenvalue weighted by Gasteiger charge is -2.24. The number of ether oxygens (including phenoxy) is 1. The van der Waals surface area contributed by atoms with Crippen LogP contribution in [0.2, 0.25) is 25.7 Å². The summed E-state index contributed by atoms with van der Waals surface area (Å²) in [7, 11) is -1.27. The first kappa shape index (κ1) is 21.4. The second kappa shape index (κ2) is 8.58. The van der Waals surface area contributed by atoms with Crippen molar-refractivity contribution >= 4 is 19.7 Å². The Bertz CT molecular complexity index is 885. The number of rotatable bonds is 8. The van der Waals surface area contributed by atoms with Gasteiger partial charge < -0.3 is 19.8 Å². The van der Waals surface area contributed by atoms with E-state index in [0.717, 1.165) is 24.6 Å². The Morgan fingerprint density at radius 3 is 2.76 bits per heavy atom. The van der Waals surface area contributed by atoms with Gasteiger partial charge in [0.15, 0.2) is 5.82 Å². The highest BCUT2D eigenvalue weighted by Crippen LogP contribution is 2.38. The number of aromatic nitrogens is 2. The molecule has 0 radical (unpaired) electrons. The molecule has 158 valence electrons. The largest absolute Gasteiger partial charge is 0.358 e. The molecule has 0 N–H and O–H groups in total. The van der Waals surface area contributed by atoms with Gasteiger partial charge in [-0.15, -0.1) is 4.68 Å². The van der Waals surface area contributed by atoms with Gasteiger partial charge in [0.2, 0.25) is 6.73 Å². The third-order valence-electron chi connectivity index (χ3n) is 5.01. The molecular formula is C19H26F2N4O3Si. The van der Waals surface area contributed by atoms with Gasteiger partial charge in [0, 0.05) is 26.8 Å². The second-order valence-corrected chi connectivity index (χ2v) is 14.1. The number of hydrogen-bond donors (Lipinski definition) is 0. The van der Waals surface area contributed by atoms with Crippen LogP contribution < -0.4 is 4.90 Å². The van der Waals surface area contributed by atoms with Crippen molar-refractivity contribution < 1.29 is 18.4 Å². The van der Waals surface area contributed by atoms with Gasteiger partial charge in [-0.3, -0.25) is 0 Å². The molecule has 2 aromatic rings. The number of nitrogens with zero attached hydrogens (tertiary/aromatic N) is 4. The smallest absolute Gasteiger partial charge is 0.349 e. The molecule has 29 heavy (non-hydrogen) atoms. The number of nitro groups is 1. The molecule has 0 saturated carbocycles. The molecule has 0 aliphatic carbocycles. The monoisotopic (exact) mass is 424 g/mol. The molecule has 1 unspecified atom stereocenters. The van der Waals surface area contributed by atoms with Gasteiger partial charge in [0.1, 0.15) is 11.6 Å². The van der Waals surface area contributed by atoms with E-state index in [9.17, 15) is 18.9 Å². The SMILES string of the molecule is C[Si](C)(C)CCOCn1nc(N2CCCC2c2cc(F)ccc2F)cc1[N+](=O)[O-]. The number of halogens is 2. The number of benzene rings is 1. The Morgan fingerprint density at radius 1 is 1.31 bits per heavy atom. The molecule has 1 saturated heterocycles. The Hall–Kier alpha value is -2.33. The van der Waals surface area contributed by atoms with E-state index in [1.54, 1.807) is 4.90 Å². The Labute approximate surface area is 169 Å². The van der Waals surface area contributed by atoms with Crippen molar-refractivity contribution in [3.63, 3.8) is 0 Å². The molecule has 1 aromatic carbocycles. The van der Waals surface area contributed by atoms with Crippen LogP contribution in [0.1, 0.15) is 24.4 Å². The summed E-state index contributed by atoms with van der Waals surface area (Å²) in [5.41, 5.74) is 0.242.